The normalized spacial score (nSPS) is 18.5. The van der Waals surface area contributed by atoms with Crippen LogP contribution in [0.3, 0.4) is 0 Å². The molecule has 1 saturated carbocycles. The molecular formula is C29H30FN7O2. The molecule has 1 unspecified atom stereocenters. The summed E-state index contributed by atoms with van der Waals surface area (Å²) < 4.78 is 16.7. The van der Waals surface area contributed by atoms with Crippen LogP contribution in [-0.2, 0) is 4.79 Å². The van der Waals surface area contributed by atoms with Crippen LogP contribution < -0.4 is 4.90 Å². The van der Waals surface area contributed by atoms with Crippen molar-refractivity contribution in [1.29, 1.82) is 5.26 Å². The summed E-state index contributed by atoms with van der Waals surface area (Å²) in [5, 5.41) is 19.0. The molecule has 0 spiro atoms. The molecule has 2 fully saturated rings. The summed E-state index contributed by atoms with van der Waals surface area (Å²) in [6.07, 6.45) is 7.92. The molecule has 1 aromatic carbocycles. The van der Waals surface area contributed by atoms with Gasteiger partial charge in [-0.2, -0.15) is 5.26 Å². The van der Waals surface area contributed by atoms with Gasteiger partial charge in [0.1, 0.15) is 29.4 Å². The van der Waals surface area contributed by atoms with Crippen LogP contribution in [0.15, 0.2) is 55.1 Å². The maximum Gasteiger partial charge on any atom is 0.151 e. The van der Waals surface area contributed by atoms with Gasteiger partial charge in [0.2, 0.25) is 0 Å². The number of carbonyl (C=O) groups excluding carboxylic acids is 1. The Morgan fingerprint density at radius 1 is 1.15 bits per heavy atom. The molecule has 9 nitrogen and oxygen atoms in total. The molecule has 1 N–H and O–H groups in total. The molecule has 6 rings (SSSR count). The number of benzene rings is 1. The first-order valence-electron chi connectivity index (χ1n) is 12.9. The fourth-order valence-electron chi connectivity index (χ4n) is 4.86. The predicted molar refractivity (Wildman–Crippen MR) is 146 cm³/mol. The number of hydrogen-bond donors (Lipinski definition) is 1. The number of anilines is 1. The van der Waals surface area contributed by atoms with Gasteiger partial charge in [-0.25, -0.2) is 19.3 Å². The van der Waals surface area contributed by atoms with Gasteiger partial charge in [-0.15, -0.1) is 0 Å². The standard InChI is InChI=1S/C24H22FN7.C5H8O2/c1-16-13-31(10-9-30(16)2)23-22-19(18-5-3-4-6-20(18)25)14-32(24(22)29-15-28-23)21-11-17(12-26)7-8-27-21;6-4-5(7)2-1-3-5/h3-8,11,14-16H,9-10,13H2,1-2H3;4,7H,1-3H2. The molecule has 0 radical (unpaired) electrons. The third-order valence-corrected chi connectivity index (χ3v) is 7.55. The van der Waals surface area contributed by atoms with E-state index in [0.717, 1.165) is 37.3 Å². The third-order valence-electron chi connectivity index (χ3n) is 7.55. The first kappa shape index (κ1) is 26.4. The van der Waals surface area contributed by atoms with E-state index in [1.54, 1.807) is 30.5 Å². The lowest BCUT2D eigenvalue weighted by molar-refractivity contribution is -0.131. The minimum Gasteiger partial charge on any atom is -0.382 e. The van der Waals surface area contributed by atoms with Gasteiger partial charge in [-0.05, 0) is 51.4 Å². The van der Waals surface area contributed by atoms with Gasteiger partial charge in [0.25, 0.3) is 0 Å². The highest BCUT2D eigenvalue weighted by molar-refractivity contribution is 6.02. The maximum atomic E-state index is 14.9. The maximum absolute atomic E-state index is 14.9. The van der Waals surface area contributed by atoms with Crippen LogP contribution in [0.2, 0.25) is 0 Å². The SMILES string of the molecule is CC1CN(c2ncnc3c2c(-c2ccccc2F)cn3-c2cc(C#N)ccn2)CCN1C.O=CC1(O)CCC1. The summed E-state index contributed by atoms with van der Waals surface area (Å²) >= 11 is 0. The van der Waals surface area contributed by atoms with Crippen molar-refractivity contribution in [3.63, 3.8) is 0 Å². The molecule has 4 heterocycles. The van der Waals surface area contributed by atoms with Crippen molar-refractivity contribution < 1.29 is 14.3 Å². The Labute approximate surface area is 226 Å². The second-order valence-electron chi connectivity index (χ2n) is 10.2. The highest BCUT2D eigenvalue weighted by atomic mass is 19.1. The van der Waals surface area contributed by atoms with E-state index in [0.29, 0.717) is 53.3 Å². The van der Waals surface area contributed by atoms with E-state index < -0.39 is 5.60 Å². The second kappa shape index (κ2) is 10.9. The van der Waals surface area contributed by atoms with E-state index in [4.69, 9.17) is 5.11 Å². The number of rotatable bonds is 4. The van der Waals surface area contributed by atoms with Crippen molar-refractivity contribution in [2.24, 2.45) is 0 Å². The van der Waals surface area contributed by atoms with Crippen LogP contribution in [0, 0.1) is 17.1 Å². The molecule has 1 saturated heterocycles. The molecule has 1 atom stereocenters. The van der Waals surface area contributed by atoms with Crippen molar-refractivity contribution >= 4 is 23.1 Å². The molecule has 200 valence electrons. The van der Waals surface area contributed by atoms with Crippen molar-refractivity contribution in [3.05, 3.63) is 66.5 Å². The number of halogens is 1. The van der Waals surface area contributed by atoms with Crippen LogP contribution in [0.1, 0.15) is 31.7 Å². The Morgan fingerprint density at radius 3 is 2.59 bits per heavy atom. The molecule has 0 bridgehead atoms. The molecule has 4 aromatic rings. The second-order valence-corrected chi connectivity index (χ2v) is 10.2. The number of aliphatic hydroxyl groups is 1. The molecule has 10 heteroatoms. The predicted octanol–water partition coefficient (Wildman–Crippen LogP) is 3.73. The minimum atomic E-state index is -0.917. The number of likely N-dealkylation sites (N-methyl/N-ethyl adjacent to an activating group) is 1. The first-order valence-corrected chi connectivity index (χ1v) is 12.9. The fourth-order valence-corrected chi connectivity index (χ4v) is 4.86. The van der Waals surface area contributed by atoms with Gasteiger partial charge >= 0.3 is 0 Å². The summed E-state index contributed by atoms with van der Waals surface area (Å²) in [6, 6.07) is 12.6. The van der Waals surface area contributed by atoms with Gasteiger partial charge < -0.3 is 19.7 Å². The molecule has 0 amide bonds. The first-order chi connectivity index (χ1) is 18.8. The average Bonchev–Trinajstić information content (AvgIpc) is 3.33. The number of hydrogen-bond acceptors (Lipinski definition) is 8. The molecule has 1 aliphatic heterocycles. The van der Waals surface area contributed by atoms with Crippen molar-refractivity contribution in [1.82, 2.24) is 24.4 Å². The zero-order valence-electron chi connectivity index (χ0n) is 22.0. The highest BCUT2D eigenvalue weighted by Gasteiger charge is 2.33. The Bertz CT molecular complexity index is 1540. The zero-order valence-corrected chi connectivity index (χ0v) is 22.0. The summed E-state index contributed by atoms with van der Waals surface area (Å²) in [4.78, 5) is 28.0. The van der Waals surface area contributed by atoms with Gasteiger partial charge in [0.05, 0.1) is 17.0 Å². The van der Waals surface area contributed by atoms with Gasteiger partial charge in [-0.1, -0.05) is 18.2 Å². The fraction of sp³-hybridized carbons (Fsp3) is 0.345. The van der Waals surface area contributed by atoms with E-state index in [1.165, 1.54) is 12.4 Å². The average molecular weight is 528 g/mol. The van der Waals surface area contributed by atoms with Crippen molar-refractivity contribution in [3.8, 4) is 23.0 Å². The van der Waals surface area contributed by atoms with E-state index in [-0.39, 0.29) is 5.82 Å². The van der Waals surface area contributed by atoms with Crippen LogP contribution in [-0.4, -0.2) is 74.1 Å². The molecule has 39 heavy (non-hydrogen) atoms. The highest BCUT2D eigenvalue weighted by Crippen LogP contribution is 2.38. The molecule has 1 aliphatic carbocycles. The Hall–Kier alpha value is -4.20. The van der Waals surface area contributed by atoms with Crippen LogP contribution in [0.4, 0.5) is 10.2 Å². The number of pyridine rings is 1. The van der Waals surface area contributed by atoms with E-state index in [1.807, 2.05) is 16.8 Å². The largest absolute Gasteiger partial charge is 0.382 e. The van der Waals surface area contributed by atoms with Crippen molar-refractivity contribution in [2.75, 3.05) is 31.6 Å². The summed E-state index contributed by atoms with van der Waals surface area (Å²) in [6.45, 7) is 4.72. The van der Waals surface area contributed by atoms with E-state index in [9.17, 15) is 14.4 Å². The smallest absolute Gasteiger partial charge is 0.151 e. The summed E-state index contributed by atoms with van der Waals surface area (Å²) in [5.41, 5.74) is 1.38. The summed E-state index contributed by atoms with van der Waals surface area (Å²) in [7, 11) is 2.12. The lowest BCUT2D eigenvalue weighted by Gasteiger charge is -2.38. The number of carbonyl (C=O) groups is 1. The Balaban J connectivity index is 0.000000384. The number of nitrogens with zero attached hydrogens (tertiary/aromatic N) is 7. The number of piperazine rings is 1. The van der Waals surface area contributed by atoms with Gasteiger partial charge in [-0.3, -0.25) is 4.57 Å². The Kier molecular flexibility index (Phi) is 7.37. The lowest BCUT2D eigenvalue weighted by atomic mass is 9.82. The quantitative estimate of drug-likeness (QED) is 0.400. The van der Waals surface area contributed by atoms with Gasteiger partial charge in [0, 0.05) is 49.2 Å². The summed E-state index contributed by atoms with van der Waals surface area (Å²) in [5.74, 6) is 1.02. The molecule has 2 aliphatic rings. The third kappa shape index (κ3) is 5.24. The monoisotopic (exact) mass is 527 g/mol. The van der Waals surface area contributed by atoms with E-state index >= 15 is 0 Å². The van der Waals surface area contributed by atoms with Crippen LogP contribution in [0.25, 0.3) is 28.0 Å². The number of aldehydes is 1. The van der Waals surface area contributed by atoms with E-state index in [2.05, 4.69) is 44.8 Å². The lowest BCUT2D eigenvalue weighted by Crippen LogP contribution is -2.50. The van der Waals surface area contributed by atoms with Crippen LogP contribution in [0.5, 0.6) is 0 Å². The molecular weight excluding hydrogens is 497 g/mol. The number of aromatic nitrogens is 4. The topological polar surface area (TPSA) is 111 Å². The zero-order chi connectivity index (χ0) is 27.6. The van der Waals surface area contributed by atoms with Crippen LogP contribution >= 0.6 is 0 Å². The minimum absolute atomic E-state index is 0.313. The Morgan fingerprint density at radius 2 is 1.95 bits per heavy atom. The van der Waals surface area contributed by atoms with Gasteiger partial charge in [0.15, 0.2) is 11.9 Å². The number of fused-ring (bicyclic) bond motifs is 1. The molecule has 3 aromatic heterocycles. The number of nitriles is 1. The van der Waals surface area contributed by atoms with Crippen molar-refractivity contribution in [2.45, 2.75) is 37.8 Å².